The summed E-state index contributed by atoms with van der Waals surface area (Å²) in [6.45, 7) is 4.88. The van der Waals surface area contributed by atoms with Gasteiger partial charge >= 0.3 is 11.9 Å². The minimum absolute atomic E-state index is 0.558. The van der Waals surface area contributed by atoms with Gasteiger partial charge in [0.1, 0.15) is 11.9 Å². The molecular weight excluding hydrogens is 376 g/mol. The first kappa shape index (κ1) is 21.5. The number of rotatable bonds is 4. The van der Waals surface area contributed by atoms with Crippen molar-refractivity contribution >= 4 is 17.8 Å². The molecule has 0 saturated carbocycles. The van der Waals surface area contributed by atoms with E-state index in [1.54, 1.807) is 12.4 Å². The molecule has 1 fully saturated rings. The number of carboxylic acid groups (broad SMARTS) is 2. The van der Waals surface area contributed by atoms with Crippen LogP contribution in [0.5, 0.6) is 0 Å². The summed E-state index contributed by atoms with van der Waals surface area (Å²) in [6, 6.07) is 8.05. The second kappa shape index (κ2) is 10.5. The van der Waals surface area contributed by atoms with Gasteiger partial charge in [0.05, 0.1) is 18.8 Å². The van der Waals surface area contributed by atoms with Gasteiger partial charge in [0.15, 0.2) is 0 Å². The molecule has 9 heteroatoms. The van der Waals surface area contributed by atoms with Crippen LogP contribution in [0.25, 0.3) is 11.1 Å². The highest BCUT2D eigenvalue weighted by atomic mass is 16.5. The Morgan fingerprint density at radius 3 is 2.28 bits per heavy atom. The number of hydrogen-bond acceptors (Lipinski definition) is 7. The molecule has 9 nitrogen and oxygen atoms in total. The summed E-state index contributed by atoms with van der Waals surface area (Å²) in [4.78, 5) is 29.9. The van der Waals surface area contributed by atoms with Crippen molar-refractivity contribution in [1.82, 2.24) is 9.97 Å². The molecule has 3 rings (SSSR count). The number of carboxylic acids is 2. The number of anilines is 1. The highest BCUT2D eigenvalue weighted by Crippen LogP contribution is 2.28. The van der Waals surface area contributed by atoms with E-state index in [0.29, 0.717) is 30.9 Å². The van der Waals surface area contributed by atoms with Gasteiger partial charge in [0.25, 0.3) is 0 Å². The van der Waals surface area contributed by atoms with Crippen LogP contribution in [0.2, 0.25) is 0 Å². The fourth-order valence-corrected chi connectivity index (χ4v) is 2.66. The number of hydrogen-bond donors (Lipinski definition) is 2. The Bertz CT molecular complexity index is 916. The van der Waals surface area contributed by atoms with Gasteiger partial charge in [-0.2, -0.15) is 5.26 Å². The van der Waals surface area contributed by atoms with Crippen LogP contribution in [0.4, 0.5) is 5.82 Å². The largest absolute Gasteiger partial charge is 0.478 e. The Labute approximate surface area is 167 Å². The number of nitrogens with zero attached hydrogens (tertiary/aromatic N) is 4. The fourth-order valence-electron chi connectivity index (χ4n) is 2.66. The zero-order valence-corrected chi connectivity index (χ0v) is 15.8. The minimum Gasteiger partial charge on any atom is -0.478 e. The molecule has 0 spiro atoms. The van der Waals surface area contributed by atoms with Crippen molar-refractivity contribution < 1.29 is 24.5 Å². The second-order valence-corrected chi connectivity index (χ2v) is 5.95. The zero-order valence-electron chi connectivity index (χ0n) is 15.8. The minimum atomic E-state index is -1.26. The number of nitriles is 1. The van der Waals surface area contributed by atoms with Crippen molar-refractivity contribution in [3.63, 3.8) is 0 Å². The molecule has 0 radical (unpaired) electrons. The molecule has 2 aromatic heterocycles. The normalized spacial score (nSPS) is 13.3. The molecule has 2 N–H and O–H groups in total. The Morgan fingerprint density at radius 2 is 1.76 bits per heavy atom. The van der Waals surface area contributed by atoms with Crippen LogP contribution < -0.4 is 4.90 Å². The molecule has 0 bridgehead atoms. The molecule has 0 unspecified atom stereocenters. The molecule has 1 saturated heterocycles. The van der Waals surface area contributed by atoms with E-state index in [1.807, 2.05) is 25.1 Å². The third kappa shape index (κ3) is 6.41. The Morgan fingerprint density at radius 1 is 1.17 bits per heavy atom. The Hall–Kier alpha value is -3.77. The average molecular weight is 396 g/mol. The number of aromatic nitrogens is 2. The van der Waals surface area contributed by atoms with Gasteiger partial charge < -0.3 is 19.8 Å². The first-order chi connectivity index (χ1) is 13.9. The lowest BCUT2D eigenvalue weighted by Gasteiger charge is -2.29. The number of pyridine rings is 2. The summed E-state index contributed by atoms with van der Waals surface area (Å²) in [5.74, 6) is -1.75. The standard InChI is InChI=1S/C16H16N4O.C4H4O4/c1-12-15(13-2-4-18-5-3-13)10-14(11-17)16(19-12)20-6-8-21-9-7-20;5-3(6)1-2-4(7)8/h2-5,10H,6-9H2,1H3;1-2H,(H,5,6)(H,7,8)/b;2-1+. The maximum Gasteiger partial charge on any atom is 0.328 e. The van der Waals surface area contributed by atoms with Crippen molar-refractivity contribution in [2.24, 2.45) is 0 Å². The lowest BCUT2D eigenvalue weighted by Crippen LogP contribution is -2.37. The van der Waals surface area contributed by atoms with E-state index in [-0.39, 0.29) is 0 Å². The van der Waals surface area contributed by atoms with E-state index in [4.69, 9.17) is 14.9 Å². The molecule has 2 aromatic rings. The molecule has 1 aliphatic heterocycles. The second-order valence-electron chi connectivity index (χ2n) is 5.95. The van der Waals surface area contributed by atoms with Crippen molar-refractivity contribution in [3.05, 3.63) is 54.0 Å². The van der Waals surface area contributed by atoms with E-state index in [1.165, 1.54) is 0 Å². The van der Waals surface area contributed by atoms with Gasteiger partial charge in [-0.15, -0.1) is 0 Å². The molecule has 150 valence electrons. The van der Waals surface area contributed by atoms with Crippen LogP contribution in [-0.2, 0) is 14.3 Å². The maximum atomic E-state index is 9.55. The summed E-state index contributed by atoms with van der Waals surface area (Å²) in [5.41, 5.74) is 3.53. The van der Waals surface area contributed by atoms with Crippen molar-refractivity contribution in [2.45, 2.75) is 6.92 Å². The maximum absolute atomic E-state index is 9.55. The van der Waals surface area contributed by atoms with Crippen LogP contribution in [0.15, 0.2) is 42.7 Å². The smallest absolute Gasteiger partial charge is 0.328 e. The molecule has 29 heavy (non-hydrogen) atoms. The van der Waals surface area contributed by atoms with E-state index >= 15 is 0 Å². The summed E-state index contributed by atoms with van der Waals surface area (Å²) in [5, 5.41) is 25.1. The van der Waals surface area contributed by atoms with Crippen molar-refractivity contribution in [3.8, 4) is 17.2 Å². The van der Waals surface area contributed by atoms with Crippen LogP contribution in [-0.4, -0.2) is 58.4 Å². The van der Waals surface area contributed by atoms with Gasteiger partial charge in [-0.1, -0.05) is 0 Å². The topological polar surface area (TPSA) is 137 Å². The van der Waals surface area contributed by atoms with Crippen molar-refractivity contribution in [1.29, 1.82) is 5.26 Å². The molecule has 0 aliphatic carbocycles. The summed E-state index contributed by atoms with van der Waals surface area (Å²) < 4.78 is 5.36. The predicted molar refractivity (Wildman–Crippen MR) is 104 cm³/mol. The quantitative estimate of drug-likeness (QED) is 0.742. The lowest BCUT2D eigenvalue weighted by atomic mass is 10.0. The lowest BCUT2D eigenvalue weighted by molar-refractivity contribution is -0.134. The number of aryl methyl sites for hydroxylation is 1. The molecule has 3 heterocycles. The van der Waals surface area contributed by atoms with E-state index in [0.717, 1.165) is 35.7 Å². The highest BCUT2D eigenvalue weighted by Gasteiger charge is 2.18. The van der Waals surface area contributed by atoms with E-state index < -0.39 is 11.9 Å². The number of ether oxygens (including phenoxy) is 1. The SMILES string of the molecule is Cc1nc(N2CCOCC2)c(C#N)cc1-c1ccncc1.O=C(O)/C=C/C(=O)O. The highest BCUT2D eigenvalue weighted by molar-refractivity contribution is 5.89. The van der Waals surface area contributed by atoms with Crippen molar-refractivity contribution in [2.75, 3.05) is 31.2 Å². The Kier molecular flexibility index (Phi) is 7.82. The summed E-state index contributed by atoms with van der Waals surface area (Å²) in [6.07, 6.45) is 4.61. The monoisotopic (exact) mass is 396 g/mol. The van der Waals surface area contributed by atoms with Crippen LogP contribution in [0.3, 0.4) is 0 Å². The molecule has 0 amide bonds. The van der Waals surface area contributed by atoms with Gasteiger partial charge in [0, 0.05) is 48.9 Å². The summed E-state index contributed by atoms with van der Waals surface area (Å²) in [7, 11) is 0. The van der Waals surface area contributed by atoms with Gasteiger partial charge in [-0.05, 0) is 30.7 Å². The third-order valence-corrected chi connectivity index (χ3v) is 3.98. The van der Waals surface area contributed by atoms with E-state index in [9.17, 15) is 14.9 Å². The summed E-state index contributed by atoms with van der Waals surface area (Å²) >= 11 is 0. The number of carbonyl (C=O) groups is 2. The predicted octanol–water partition coefficient (Wildman–Crippen LogP) is 1.87. The molecule has 0 atom stereocenters. The van der Waals surface area contributed by atoms with Gasteiger partial charge in [0.2, 0.25) is 0 Å². The number of aliphatic carboxylic acids is 2. The van der Waals surface area contributed by atoms with Crippen LogP contribution >= 0.6 is 0 Å². The van der Waals surface area contributed by atoms with Crippen LogP contribution in [0, 0.1) is 18.3 Å². The van der Waals surface area contributed by atoms with Crippen LogP contribution in [0.1, 0.15) is 11.3 Å². The molecular formula is C20H20N4O5. The Balaban J connectivity index is 0.000000321. The van der Waals surface area contributed by atoms with Gasteiger partial charge in [-0.25, -0.2) is 14.6 Å². The third-order valence-electron chi connectivity index (χ3n) is 3.98. The number of morpholine rings is 1. The van der Waals surface area contributed by atoms with Gasteiger partial charge in [-0.3, -0.25) is 4.98 Å². The first-order valence-electron chi connectivity index (χ1n) is 8.71. The fraction of sp³-hybridized carbons (Fsp3) is 0.250. The average Bonchev–Trinajstić information content (AvgIpc) is 2.74. The van der Waals surface area contributed by atoms with E-state index in [2.05, 4.69) is 20.9 Å². The zero-order chi connectivity index (χ0) is 21.2. The molecule has 0 aromatic carbocycles. The molecule has 1 aliphatic rings. The first-order valence-corrected chi connectivity index (χ1v) is 8.71.